The first-order valence-electron chi connectivity index (χ1n) is 6.04. The van der Waals surface area contributed by atoms with Crippen LogP contribution >= 0.6 is 0 Å². The largest absolute Gasteiger partial charge is 0.478 e. The number of pyridine rings is 1. The van der Waals surface area contributed by atoms with Gasteiger partial charge in [-0.15, -0.1) is 0 Å². The van der Waals surface area contributed by atoms with Crippen molar-refractivity contribution in [3.8, 4) is 0 Å². The fourth-order valence-electron chi connectivity index (χ4n) is 2.03. The number of rotatable bonds is 4. The number of aromatic nitrogens is 1. The molecular formula is C13H16N2O3. The van der Waals surface area contributed by atoms with Crippen LogP contribution in [0.5, 0.6) is 0 Å². The number of carbonyl (C=O) groups is 2. The van der Waals surface area contributed by atoms with Crippen molar-refractivity contribution in [2.24, 2.45) is 5.92 Å². The smallest absolute Gasteiger partial charge is 0.337 e. The number of nitrogens with zero attached hydrogens (tertiary/aromatic N) is 1. The van der Waals surface area contributed by atoms with Crippen LogP contribution in [0.1, 0.15) is 46.3 Å². The van der Waals surface area contributed by atoms with E-state index in [1.54, 1.807) is 6.92 Å². The van der Waals surface area contributed by atoms with Gasteiger partial charge in [-0.05, 0) is 31.4 Å². The highest BCUT2D eigenvalue weighted by molar-refractivity contribution is 5.94. The maximum atomic E-state index is 11.9. The van der Waals surface area contributed by atoms with Gasteiger partial charge in [-0.3, -0.25) is 4.79 Å². The molecule has 1 heterocycles. The van der Waals surface area contributed by atoms with E-state index in [1.165, 1.54) is 12.1 Å². The van der Waals surface area contributed by atoms with Crippen LogP contribution in [0.15, 0.2) is 12.1 Å². The molecule has 1 amide bonds. The van der Waals surface area contributed by atoms with E-state index in [0.717, 1.165) is 12.8 Å². The monoisotopic (exact) mass is 248 g/mol. The van der Waals surface area contributed by atoms with E-state index in [9.17, 15) is 9.59 Å². The summed E-state index contributed by atoms with van der Waals surface area (Å²) in [4.78, 5) is 26.7. The van der Waals surface area contributed by atoms with Crippen molar-refractivity contribution in [1.82, 2.24) is 10.3 Å². The molecule has 0 bridgehead atoms. The average Bonchev–Trinajstić information content (AvgIpc) is 3.06. The Bertz CT molecular complexity index is 499. The molecule has 2 atom stereocenters. The highest BCUT2D eigenvalue weighted by atomic mass is 16.4. The van der Waals surface area contributed by atoms with Gasteiger partial charge in [-0.1, -0.05) is 13.3 Å². The van der Waals surface area contributed by atoms with Crippen LogP contribution in [-0.4, -0.2) is 28.0 Å². The van der Waals surface area contributed by atoms with E-state index in [2.05, 4.69) is 17.2 Å². The first kappa shape index (κ1) is 12.5. The second kappa shape index (κ2) is 4.76. The number of aryl methyl sites for hydroxylation is 1. The molecule has 1 aliphatic rings. The maximum absolute atomic E-state index is 11.9. The lowest BCUT2D eigenvalue weighted by Crippen LogP contribution is -2.28. The van der Waals surface area contributed by atoms with E-state index in [0.29, 0.717) is 11.6 Å². The molecule has 0 saturated heterocycles. The summed E-state index contributed by atoms with van der Waals surface area (Å²) in [6, 6.07) is 3.13. The highest BCUT2D eigenvalue weighted by Gasteiger charge is 2.36. The predicted molar refractivity (Wildman–Crippen MR) is 65.6 cm³/mol. The van der Waals surface area contributed by atoms with Gasteiger partial charge in [0, 0.05) is 6.04 Å². The average molecular weight is 248 g/mol. The minimum absolute atomic E-state index is 0.129. The zero-order valence-corrected chi connectivity index (χ0v) is 10.4. The lowest BCUT2D eigenvalue weighted by atomic mass is 10.2. The summed E-state index contributed by atoms with van der Waals surface area (Å²) < 4.78 is 0. The minimum Gasteiger partial charge on any atom is -0.478 e. The Morgan fingerprint density at radius 1 is 1.50 bits per heavy atom. The molecule has 2 rings (SSSR count). The quantitative estimate of drug-likeness (QED) is 0.848. The summed E-state index contributed by atoms with van der Waals surface area (Å²) in [5.74, 6) is -0.676. The Kier molecular flexibility index (Phi) is 3.32. The van der Waals surface area contributed by atoms with E-state index in [1.807, 2.05) is 0 Å². The third-order valence-electron chi connectivity index (χ3n) is 3.31. The van der Waals surface area contributed by atoms with Crippen LogP contribution in [0.2, 0.25) is 0 Å². The van der Waals surface area contributed by atoms with Crippen molar-refractivity contribution in [1.29, 1.82) is 0 Å². The molecule has 5 nitrogen and oxygen atoms in total. The molecular weight excluding hydrogens is 232 g/mol. The second-order valence-corrected chi connectivity index (χ2v) is 4.62. The summed E-state index contributed by atoms with van der Waals surface area (Å²) in [5.41, 5.74) is 0.765. The van der Waals surface area contributed by atoms with Crippen molar-refractivity contribution in [2.45, 2.75) is 32.7 Å². The number of hydrogen-bond donors (Lipinski definition) is 2. The number of hydrogen-bond acceptors (Lipinski definition) is 3. The molecule has 1 fully saturated rings. The normalized spacial score (nSPS) is 21.4. The lowest BCUT2D eigenvalue weighted by Gasteiger charge is -2.06. The van der Waals surface area contributed by atoms with Crippen LogP contribution in [0, 0.1) is 12.8 Å². The van der Waals surface area contributed by atoms with Crippen LogP contribution in [0.4, 0.5) is 0 Å². The molecule has 1 aliphatic carbocycles. The minimum atomic E-state index is -1.03. The van der Waals surface area contributed by atoms with Gasteiger partial charge < -0.3 is 10.4 Å². The predicted octanol–water partition coefficient (Wildman–Crippen LogP) is 1.62. The number of carboxylic acid groups (broad SMARTS) is 1. The third-order valence-corrected chi connectivity index (χ3v) is 3.31. The molecule has 0 radical (unpaired) electrons. The Balaban J connectivity index is 2.07. The fraction of sp³-hybridized carbons (Fsp3) is 0.462. The van der Waals surface area contributed by atoms with Crippen LogP contribution in [0.25, 0.3) is 0 Å². The van der Waals surface area contributed by atoms with Crippen LogP contribution in [-0.2, 0) is 0 Å². The van der Waals surface area contributed by atoms with E-state index < -0.39 is 5.97 Å². The molecule has 1 aromatic rings. The molecule has 1 saturated carbocycles. The van der Waals surface area contributed by atoms with Gasteiger partial charge in [0.2, 0.25) is 0 Å². The Hall–Kier alpha value is -1.91. The number of nitrogens with one attached hydrogen (secondary N) is 1. The first-order valence-corrected chi connectivity index (χ1v) is 6.04. The maximum Gasteiger partial charge on any atom is 0.337 e. The topological polar surface area (TPSA) is 79.3 Å². The summed E-state index contributed by atoms with van der Waals surface area (Å²) >= 11 is 0. The number of carbonyl (C=O) groups excluding carboxylic acids is 1. The van der Waals surface area contributed by atoms with Crippen molar-refractivity contribution in [3.05, 3.63) is 29.1 Å². The summed E-state index contributed by atoms with van der Waals surface area (Å²) in [6.07, 6.45) is 2.09. The van der Waals surface area contributed by atoms with Crippen molar-refractivity contribution in [3.63, 3.8) is 0 Å². The zero-order valence-electron chi connectivity index (χ0n) is 10.4. The number of carboxylic acids is 1. The van der Waals surface area contributed by atoms with Gasteiger partial charge in [0.15, 0.2) is 0 Å². The van der Waals surface area contributed by atoms with Crippen molar-refractivity contribution >= 4 is 11.9 Å². The molecule has 2 unspecified atom stereocenters. The third kappa shape index (κ3) is 2.50. The Morgan fingerprint density at radius 3 is 2.72 bits per heavy atom. The highest BCUT2D eigenvalue weighted by Crippen LogP contribution is 2.33. The SMILES string of the molecule is CCC1CC1NC(=O)c1ccc(C(=O)O)c(C)n1. The van der Waals surface area contributed by atoms with Gasteiger partial charge in [-0.2, -0.15) is 0 Å². The van der Waals surface area contributed by atoms with Gasteiger partial charge >= 0.3 is 5.97 Å². The van der Waals surface area contributed by atoms with Gasteiger partial charge in [0.1, 0.15) is 5.69 Å². The first-order chi connectivity index (χ1) is 8.52. The zero-order chi connectivity index (χ0) is 13.3. The Labute approximate surface area is 105 Å². The molecule has 0 aromatic carbocycles. The Morgan fingerprint density at radius 2 is 2.22 bits per heavy atom. The van der Waals surface area contributed by atoms with E-state index in [4.69, 9.17) is 5.11 Å². The van der Waals surface area contributed by atoms with Gasteiger partial charge in [0.05, 0.1) is 11.3 Å². The summed E-state index contributed by atoms with van der Waals surface area (Å²) in [7, 11) is 0. The molecule has 0 spiro atoms. The summed E-state index contributed by atoms with van der Waals surface area (Å²) in [5, 5.41) is 11.8. The molecule has 18 heavy (non-hydrogen) atoms. The molecule has 5 heteroatoms. The fourth-order valence-corrected chi connectivity index (χ4v) is 2.03. The number of aromatic carboxylic acids is 1. The molecule has 96 valence electrons. The van der Waals surface area contributed by atoms with Crippen LogP contribution in [0.3, 0.4) is 0 Å². The van der Waals surface area contributed by atoms with Gasteiger partial charge in [-0.25, -0.2) is 9.78 Å². The summed E-state index contributed by atoms with van der Waals surface area (Å²) in [6.45, 7) is 3.69. The van der Waals surface area contributed by atoms with Gasteiger partial charge in [0.25, 0.3) is 5.91 Å². The lowest BCUT2D eigenvalue weighted by molar-refractivity contribution is 0.0694. The number of amides is 1. The second-order valence-electron chi connectivity index (χ2n) is 4.62. The molecule has 1 aromatic heterocycles. The van der Waals surface area contributed by atoms with E-state index >= 15 is 0 Å². The van der Waals surface area contributed by atoms with E-state index in [-0.39, 0.29) is 23.2 Å². The van der Waals surface area contributed by atoms with Crippen LogP contribution < -0.4 is 5.32 Å². The van der Waals surface area contributed by atoms with Crippen molar-refractivity contribution < 1.29 is 14.7 Å². The molecule has 2 N–H and O–H groups in total. The van der Waals surface area contributed by atoms with Crippen molar-refractivity contribution in [2.75, 3.05) is 0 Å². The standard InChI is InChI=1S/C13H16N2O3/c1-3-8-6-11(8)15-12(16)10-5-4-9(13(17)18)7(2)14-10/h4-5,8,11H,3,6H2,1-2H3,(H,15,16)(H,17,18). The molecule has 0 aliphatic heterocycles.